The van der Waals surface area contributed by atoms with Gasteiger partial charge in [-0.2, -0.15) is 0 Å². The largest absolute Gasteiger partial charge is 0.462 e. The number of ether oxygens (including phenoxy) is 1. The molecule has 0 bridgehead atoms. The third-order valence-electron chi connectivity index (χ3n) is 2.23. The molecule has 1 rings (SSSR count). The Labute approximate surface area is 101 Å². The number of ketones is 1. The maximum Gasteiger partial charge on any atom is 0.341 e. The van der Waals surface area contributed by atoms with Crippen LogP contribution < -0.4 is 0 Å². The zero-order valence-electron chi connectivity index (χ0n) is 10.3. The van der Waals surface area contributed by atoms with Crippen LogP contribution in [-0.2, 0) is 14.3 Å². The van der Waals surface area contributed by atoms with Crippen LogP contribution in [0.25, 0.3) is 6.08 Å². The van der Waals surface area contributed by atoms with E-state index in [2.05, 4.69) is 0 Å². The predicted octanol–water partition coefficient (Wildman–Crippen LogP) is 2.53. The molecule has 0 amide bonds. The SMILES string of the molecule is CCOC(=O)/C(=C\c1cccc(C)c1)C(C)=O. The van der Waals surface area contributed by atoms with Gasteiger partial charge in [0, 0.05) is 0 Å². The van der Waals surface area contributed by atoms with Crippen molar-refractivity contribution in [3.05, 3.63) is 41.0 Å². The molecule has 0 unspecified atom stereocenters. The molecule has 0 aliphatic carbocycles. The average Bonchev–Trinajstić information content (AvgIpc) is 2.26. The van der Waals surface area contributed by atoms with Crippen LogP contribution in [0.1, 0.15) is 25.0 Å². The van der Waals surface area contributed by atoms with E-state index in [1.54, 1.807) is 13.0 Å². The Kier molecular flexibility index (Phi) is 4.64. The zero-order valence-corrected chi connectivity index (χ0v) is 10.3. The van der Waals surface area contributed by atoms with Gasteiger partial charge in [0.1, 0.15) is 5.57 Å². The van der Waals surface area contributed by atoms with Gasteiger partial charge in [0.25, 0.3) is 0 Å². The molecule has 0 aliphatic heterocycles. The summed E-state index contributed by atoms with van der Waals surface area (Å²) in [6.07, 6.45) is 1.56. The fraction of sp³-hybridized carbons (Fsp3) is 0.286. The highest BCUT2D eigenvalue weighted by atomic mass is 16.5. The third kappa shape index (κ3) is 3.87. The Hall–Kier alpha value is -1.90. The highest BCUT2D eigenvalue weighted by Crippen LogP contribution is 2.11. The second-order valence-corrected chi connectivity index (χ2v) is 3.75. The quantitative estimate of drug-likeness (QED) is 0.347. The predicted molar refractivity (Wildman–Crippen MR) is 66.5 cm³/mol. The van der Waals surface area contributed by atoms with Gasteiger partial charge in [-0.05, 0) is 32.4 Å². The molecule has 0 fully saturated rings. The minimum atomic E-state index is -0.568. The Bertz CT molecular complexity index is 458. The van der Waals surface area contributed by atoms with Crippen LogP contribution in [0.5, 0.6) is 0 Å². The molecule has 3 heteroatoms. The van der Waals surface area contributed by atoms with Crippen LogP contribution in [0.3, 0.4) is 0 Å². The third-order valence-corrected chi connectivity index (χ3v) is 2.23. The molecule has 0 spiro atoms. The molecule has 0 saturated heterocycles. The first-order valence-corrected chi connectivity index (χ1v) is 5.51. The first kappa shape index (κ1) is 13.2. The molecule has 0 saturated carbocycles. The van der Waals surface area contributed by atoms with Gasteiger partial charge in [0.05, 0.1) is 6.61 Å². The van der Waals surface area contributed by atoms with Gasteiger partial charge in [0.15, 0.2) is 5.78 Å². The number of hydrogen-bond donors (Lipinski definition) is 0. The van der Waals surface area contributed by atoms with E-state index in [-0.39, 0.29) is 18.0 Å². The summed E-state index contributed by atoms with van der Waals surface area (Å²) < 4.78 is 4.84. The van der Waals surface area contributed by atoms with Gasteiger partial charge >= 0.3 is 5.97 Å². The normalized spacial score (nSPS) is 11.1. The van der Waals surface area contributed by atoms with Crippen molar-refractivity contribution >= 4 is 17.8 Å². The van der Waals surface area contributed by atoms with E-state index in [1.165, 1.54) is 6.92 Å². The lowest BCUT2D eigenvalue weighted by Crippen LogP contribution is -2.13. The minimum absolute atomic E-state index is 0.0810. The van der Waals surface area contributed by atoms with Crippen molar-refractivity contribution in [1.82, 2.24) is 0 Å². The summed E-state index contributed by atoms with van der Waals surface area (Å²) in [5.41, 5.74) is 1.98. The molecule has 17 heavy (non-hydrogen) atoms. The van der Waals surface area contributed by atoms with Gasteiger partial charge in [-0.25, -0.2) is 4.79 Å². The molecule has 0 N–H and O–H groups in total. The van der Waals surface area contributed by atoms with Crippen molar-refractivity contribution in [2.75, 3.05) is 6.61 Å². The van der Waals surface area contributed by atoms with E-state index in [9.17, 15) is 9.59 Å². The lowest BCUT2D eigenvalue weighted by Gasteiger charge is -2.04. The van der Waals surface area contributed by atoms with Crippen LogP contribution in [0.4, 0.5) is 0 Å². The van der Waals surface area contributed by atoms with E-state index >= 15 is 0 Å². The van der Waals surface area contributed by atoms with E-state index in [0.717, 1.165) is 11.1 Å². The van der Waals surface area contributed by atoms with E-state index < -0.39 is 5.97 Å². The molecule has 1 aromatic rings. The number of benzene rings is 1. The van der Waals surface area contributed by atoms with E-state index in [4.69, 9.17) is 4.74 Å². The summed E-state index contributed by atoms with van der Waals surface area (Å²) in [6, 6.07) is 7.58. The summed E-state index contributed by atoms with van der Waals surface area (Å²) in [7, 11) is 0. The second kappa shape index (κ2) is 5.99. The first-order valence-electron chi connectivity index (χ1n) is 5.51. The number of aryl methyl sites for hydroxylation is 1. The van der Waals surface area contributed by atoms with Gasteiger partial charge in [-0.1, -0.05) is 29.8 Å². The number of carbonyl (C=O) groups is 2. The van der Waals surface area contributed by atoms with Crippen molar-refractivity contribution in [2.24, 2.45) is 0 Å². The molecule has 0 aromatic heterocycles. The van der Waals surface area contributed by atoms with Gasteiger partial charge in [-0.15, -0.1) is 0 Å². The lowest BCUT2D eigenvalue weighted by molar-refractivity contribution is -0.139. The van der Waals surface area contributed by atoms with Crippen LogP contribution in [0, 0.1) is 6.92 Å². The van der Waals surface area contributed by atoms with E-state index in [1.807, 2.05) is 31.2 Å². The topological polar surface area (TPSA) is 43.4 Å². The zero-order chi connectivity index (χ0) is 12.8. The number of rotatable bonds is 4. The molecule has 0 atom stereocenters. The molecular weight excluding hydrogens is 216 g/mol. The van der Waals surface area contributed by atoms with Crippen molar-refractivity contribution in [3.63, 3.8) is 0 Å². The fourth-order valence-electron chi connectivity index (χ4n) is 1.44. The Balaban J connectivity index is 3.06. The molecule has 1 aromatic carbocycles. The monoisotopic (exact) mass is 232 g/mol. The minimum Gasteiger partial charge on any atom is -0.462 e. The van der Waals surface area contributed by atoms with Gasteiger partial charge in [0.2, 0.25) is 0 Å². The first-order chi connectivity index (χ1) is 8.04. The molecule has 90 valence electrons. The Morgan fingerprint density at radius 1 is 1.35 bits per heavy atom. The summed E-state index contributed by atoms with van der Waals surface area (Å²) in [5, 5.41) is 0. The van der Waals surface area contributed by atoms with Crippen molar-refractivity contribution in [2.45, 2.75) is 20.8 Å². The highest BCUT2D eigenvalue weighted by molar-refractivity contribution is 6.19. The summed E-state index contributed by atoms with van der Waals surface area (Å²) >= 11 is 0. The summed E-state index contributed by atoms with van der Waals surface area (Å²) in [6.45, 7) is 5.29. The molecular formula is C14H16O3. The van der Waals surface area contributed by atoms with Crippen LogP contribution >= 0.6 is 0 Å². The Morgan fingerprint density at radius 2 is 2.06 bits per heavy atom. The summed E-state index contributed by atoms with van der Waals surface area (Å²) in [5.74, 6) is -0.855. The standard InChI is InChI=1S/C14H16O3/c1-4-17-14(16)13(11(3)15)9-12-7-5-6-10(2)8-12/h5-9H,4H2,1-3H3/b13-9-. The fourth-order valence-corrected chi connectivity index (χ4v) is 1.44. The maximum atomic E-state index is 11.6. The molecule has 0 radical (unpaired) electrons. The molecule has 3 nitrogen and oxygen atoms in total. The van der Waals surface area contributed by atoms with Gasteiger partial charge < -0.3 is 4.74 Å². The number of esters is 1. The van der Waals surface area contributed by atoms with Gasteiger partial charge in [-0.3, -0.25) is 4.79 Å². The smallest absolute Gasteiger partial charge is 0.341 e. The van der Waals surface area contributed by atoms with Crippen LogP contribution in [0.2, 0.25) is 0 Å². The van der Waals surface area contributed by atoms with Crippen molar-refractivity contribution in [1.29, 1.82) is 0 Å². The highest BCUT2D eigenvalue weighted by Gasteiger charge is 2.15. The second-order valence-electron chi connectivity index (χ2n) is 3.75. The molecule has 0 aliphatic rings. The maximum absolute atomic E-state index is 11.6. The Morgan fingerprint density at radius 3 is 2.59 bits per heavy atom. The number of hydrogen-bond acceptors (Lipinski definition) is 3. The summed E-state index contributed by atoms with van der Waals surface area (Å²) in [4.78, 5) is 22.9. The number of Topliss-reactive ketones (excluding diaryl/α,β-unsaturated/α-hetero) is 1. The van der Waals surface area contributed by atoms with E-state index in [0.29, 0.717) is 0 Å². The van der Waals surface area contributed by atoms with Crippen molar-refractivity contribution < 1.29 is 14.3 Å². The van der Waals surface area contributed by atoms with Crippen molar-refractivity contribution in [3.8, 4) is 0 Å². The lowest BCUT2D eigenvalue weighted by atomic mass is 10.1. The van der Waals surface area contributed by atoms with Crippen LogP contribution in [0.15, 0.2) is 29.8 Å². The van der Waals surface area contributed by atoms with Crippen LogP contribution in [-0.4, -0.2) is 18.4 Å². The average molecular weight is 232 g/mol. The number of carbonyl (C=O) groups excluding carboxylic acids is 2. The molecule has 0 heterocycles.